The summed E-state index contributed by atoms with van der Waals surface area (Å²) in [6, 6.07) is 4.55. The summed E-state index contributed by atoms with van der Waals surface area (Å²) in [7, 11) is -3.59. The third-order valence-electron chi connectivity index (χ3n) is 2.51. The SMILES string of the molecule is N#Cc1ccc(S(=O)(=O)NCCCc2ncn[nH]2)cn1. The van der Waals surface area contributed by atoms with Gasteiger partial charge < -0.3 is 0 Å². The second-order valence-corrected chi connectivity index (χ2v) is 5.69. The van der Waals surface area contributed by atoms with Crippen molar-refractivity contribution in [2.75, 3.05) is 6.54 Å². The molecule has 0 amide bonds. The number of sulfonamides is 1. The standard InChI is InChI=1S/C11H12N6O2S/c12-6-9-3-4-10(7-13-9)20(18,19)16-5-1-2-11-14-8-15-17-11/h3-4,7-8,16H,1-2,5H2,(H,14,15,17). The topological polar surface area (TPSA) is 124 Å². The number of aromatic amines is 1. The molecular formula is C11H12N6O2S. The van der Waals surface area contributed by atoms with Crippen molar-refractivity contribution in [1.29, 1.82) is 5.26 Å². The van der Waals surface area contributed by atoms with Gasteiger partial charge in [-0.2, -0.15) is 10.4 Å². The number of nitriles is 1. The first-order chi connectivity index (χ1) is 9.62. The molecule has 0 aliphatic carbocycles. The third kappa shape index (κ3) is 3.59. The largest absolute Gasteiger partial charge is 0.263 e. The molecule has 0 bridgehead atoms. The second-order valence-electron chi connectivity index (χ2n) is 3.92. The number of H-pyrrole nitrogens is 1. The van der Waals surface area contributed by atoms with E-state index < -0.39 is 10.0 Å². The van der Waals surface area contributed by atoms with Crippen LogP contribution in [0, 0.1) is 11.3 Å². The van der Waals surface area contributed by atoms with E-state index in [0.717, 1.165) is 6.20 Å². The van der Waals surface area contributed by atoms with Crippen LogP contribution < -0.4 is 4.72 Å². The molecule has 104 valence electrons. The van der Waals surface area contributed by atoms with Crippen molar-refractivity contribution in [3.63, 3.8) is 0 Å². The van der Waals surface area contributed by atoms with Gasteiger partial charge in [0, 0.05) is 19.2 Å². The number of aromatic nitrogens is 4. The van der Waals surface area contributed by atoms with E-state index in [1.165, 1.54) is 18.5 Å². The van der Waals surface area contributed by atoms with E-state index in [2.05, 4.69) is 24.9 Å². The first kappa shape index (κ1) is 14.1. The van der Waals surface area contributed by atoms with Gasteiger partial charge in [-0.1, -0.05) is 0 Å². The van der Waals surface area contributed by atoms with Gasteiger partial charge in [-0.25, -0.2) is 23.1 Å². The van der Waals surface area contributed by atoms with Gasteiger partial charge in [0.2, 0.25) is 10.0 Å². The lowest BCUT2D eigenvalue weighted by molar-refractivity contribution is 0.578. The Morgan fingerprint density at radius 2 is 2.20 bits per heavy atom. The van der Waals surface area contributed by atoms with Gasteiger partial charge in [0.05, 0.1) is 0 Å². The zero-order chi connectivity index (χ0) is 14.4. The first-order valence-corrected chi connectivity index (χ1v) is 7.30. The van der Waals surface area contributed by atoms with E-state index in [9.17, 15) is 8.42 Å². The average molecular weight is 292 g/mol. The van der Waals surface area contributed by atoms with Crippen LogP contribution in [0.1, 0.15) is 17.9 Å². The lowest BCUT2D eigenvalue weighted by Gasteiger charge is -2.05. The Morgan fingerprint density at radius 1 is 1.35 bits per heavy atom. The van der Waals surface area contributed by atoms with Gasteiger partial charge in [-0.3, -0.25) is 5.10 Å². The Hall–Kier alpha value is -2.31. The van der Waals surface area contributed by atoms with Gasteiger partial charge in [0.15, 0.2) is 0 Å². The van der Waals surface area contributed by atoms with Crippen LogP contribution >= 0.6 is 0 Å². The quantitative estimate of drug-likeness (QED) is 0.721. The van der Waals surface area contributed by atoms with Gasteiger partial charge >= 0.3 is 0 Å². The van der Waals surface area contributed by atoms with Crippen LogP contribution in [0.5, 0.6) is 0 Å². The molecule has 0 saturated heterocycles. The molecule has 0 radical (unpaired) electrons. The predicted octanol–water partition coefficient (Wildman–Crippen LogP) is -0.0175. The molecule has 2 rings (SSSR count). The minimum Gasteiger partial charge on any atom is -0.263 e. The van der Waals surface area contributed by atoms with Gasteiger partial charge in [0.1, 0.15) is 28.8 Å². The molecular weight excluding hydrogens is 280 g/mol. The molecule has 0 aliphatic rings. The monoisotopic (exact) mass is 292 g/mol. The summed E-state index contributed by atoms with van der Waals surface area (Å²) >= 11 is 0. The molecule has 9 heteroatoms. The third-order valence-corrected chi connectivity index (χ3v) is 3.95. The maximum Gasteiger partial charge on any atom is 0.242 e. The van der Waals surface area contributed by atoms with Crippen LogP contribution in [0.25, 0.3) is 0 Å². The summed E-state index contributed by atoms with van der Waals surface area (Å²) in [5, 5.41) is 15.0. The Balaban J connectivity index is 1.88. The Labute approximate surface area is 115 Å². The van der Waals surface area contributed by atoms with E-state index in [1.807, 2.05) is 6.07 Å². The van der Waals surface area contributed by atoms with E-state index in [1.54, 1.807) is 0 Å². The minimum atomic E-state index is -3.59. The van der Waals surface area contributed by atoms with Crippen LogP contribution in [0.15, 0.2) is 29.6 Å². The minimum absolute atomic E-state index is 0.0381. The lowest BCUT2D eigenvalue weighted by atomic mass is 10.3. The summed E-state index contributed by atoms with van der Waals surface area (Å²) in [4.78, 5) is 7.71. The number of hydrogen-bond acceptors (Lipinski definition) is 6. The van der Waals surface area contributed by atoms with Crippen LogP contribution in [0.2, 0.25) is 0 Å². The highest BCUT2D eigenvalue weighted by Crippen LogP contribution is 2.07. The number of rotatable bonds is 6. The van der Waals surface area contributed by atoms with Crippen LogP contribution in [-0.2, 0) is 16.4 Å². The molecule has 8 nitrogen and oxygen atoms in total. The molecule has 20 heavy (non-hydrogen) atoms. The molecule has 2 heterocycles. The summed E-state index contributed by atoms with van der Waals surface area (Å²) in [5.41, 5.74) is 0.175. The van der Waals surface area contributed by atoms with Gasteiger partial charge in [-0.15, -0.1) is 0 Å². The normalized spacial score (nSPS) is 11.2. The van der Waals surface area contributed by atoms with Crippen molar-refractivity contribution in [3.05, 3.63) is 36.2 Å². The number of nitrogens with one attached hydrogen (secondary N) is 2. The first-order valence-electron chi connectivity index (χ1n) is 5.82. The van der Waals surface area contributed by atoms with E-state index in [0.29, 0.717) is 18.7 Å². The molecule has 0 aliphatic heterocycles. The van der Waals surface area contributed by atoms with E-state index in [-0.39, 0.29) is 17.1 Å². The van der Waals surface area contributed by atoms with Crippen LogP contribution in [-0.4, -0.2) is 35.1 Å². The summed E-state index contributed by atoms with van der Waals surface area (Å²) in [5.74, 6) is 0.712. The highest BCUT2D eigenvalue weighted by Gasteiger charge is 2.13. The Bertz CT molecular complexity index is 688. The maximum atomic E-state index is 11.9. The van der Waals surface area contributed by atoms with Crippen molar-refractivity contribution in [1.82, 2.24) is 24.9 Å². The zero-order valence-corrected chi connectivity index (χ0v) is 11.3. The smallest absolute Gasteiger partial charge is 0.242 e. The van der Waals surface area contributed by atoms with Gasteiger partial charge in [0.25, 0.3) is 0 Å². The molecule has 0 aromatic carbocycles. The van der Waals surface area contributed by atoms with Crippen molar-refractivity contribution in [3.8, 4) is 6.07 Å². The van der Waals surface area contributed by atoms with E-state index in [4.69, 9.17) is 5.26 Å². The molecule has 0 spiro atoms. The maximum absolute atomic E-state index is 11.9. The number of nitrogens with zero attached hydrogens (tertiary/aromatic N) is 4. The molecule has 0 unspecified atom stereocenters. The Morgan fingerprint density at radius 3 is 2.80 bits per heavy atom. The van der Waals surface area contributed by atoms with Crippen molar-refractivity contribution < 1.29 is 8.42 Å². The van der Waals surface area contributed by atoms with Crippen molar-refractivity contribution in [2.45, 2.75) is 17.7 Å². The molecule has 0 fully saturated rings. The van der Waals surface area contributed by atoms with E-state index >= 15 is 0 Å². The number of pyridine rings is 1. The van der Waals surface area contributed by atoms with Crippen LogP contribution in [0.4, 0.5) is 0 Å². The molecule has 0 atom stereocenters. The second kappa shape index (κ2) is 6.23. The van der Waals surface area contributed by atoms with Crippen molar-refractivity contribution in [2.24, 2.45) is 0 Å². The van der Waals surface area contributed by atoms with Crippen LogP contribution in [0.3, 0.4) is 0 Å². The summed E-state index contributed by atoms with van der Waals surface area (Å²) < 4.78 is 26.3. The fourth-order valence-corrected chi connectivity index (χ4v) is 2.52. The molecule has 2 aromatic heterocycles. The fraction of sp³-hybridized carbons (Fsp3) is 0.273. The molecule has 2 aromatic rings. The average Bonchev–Trinajstić information content (AvgIpc) is 2.97. The molecule has 2 N–H and O–H groups in total. The zero-order valence-electron chi connectivity index (χ0n) is 10.4. The predicted molar refractivity (Wildman–Crippen MR) is 68.8 cm³/mol. The summed E-state index contributed by atoms with van der Waals surface area (Å²) in [6.45, 7) is 0.281. The van der Waals surface area contributed by atoms with Crippen molar-refractivity contribution >= 4 is 10.0 Å². The van der Waals surface area contributed by atoms with Gasteiger partial charge in [-0.05, 0) is 18.6 Å². The summed E-state index contributed by atoms with van der Waals surface area (Å²) in [6.07, 6.45) is 3.77. The fourth-order valence-electron chi connectivity index (χ4n) is 1.50. The highest BCUT2D eigenvalue weighted by atomic mass is 32.2. The number of aryl methyl sites for hydroxylation is 1. The lowest BCUT2D eigenvalue weighted by Crippen LogP contribution is -2.25. The Kier molecular flexibility index (Phi) is 4.39. The highest BCUT2D eigenvalue weighted by molar-refractivity contribution is 7.89. The number of hydrogen-bond donors (Lipinski definition) is 2. The molecule has 0 saturated carbocycles.